The number of anilines is 1. The number of phenols is 1. The van der Waals surface area contributed by atoms with Crippen LogP contribution in [0.25, 0.3) is 22.2 Å². The number of nitriles is 1. The van der Waals surface area contributed by atoms with E-state index in [2.05, 4.69) is 16.4 Å². The molecule has 3 N–H and O–H groups in total. The number of aromatic nitrogens is 1. The predicted octanol–water partition coefficient (Wildman–Crippen LogP) is 4.57. The van der Waals surface area contributed by atoms with Gasteiger partial charge in [0.1, 0.15) is 5.75 Å². The van der Waals surface area contributed by atoms with E-state index < -0.39 is 6.09 Å². The molecule has 1 amide bonds. The van der Waals surface area contributed by atoms with E-state index in [4.69, 9.17) is 10.00 Å². The van der Waals surface area contributed by atoms with E-state index in [0.717, 1.165) is 27.7 Å². The van der Waals surface area contributed by atoms with Crippen molar-refractivity contribution < 1.29 is 14.6 Å². The molecule has 0 saturated heterocycles. The Morgan fingerprint density at radius 3 is 2.92 bits per heavy atom. The Morgan fingerprint density at radius 1 is 1.31 bits per heavy atom. The minimum atomic E-state index is -0.504. The van der Waals surface area contributed by atoms with Crippen molar-refractivity contribution in [3.05, 3.63) is 48.0 Å². The summed E-state index contributed by atoms with van der Waals surface area (Å²) in [4.78, 5) is 15.0. The average Bonchev–Trinajstić information content (AvgIpc) is 2.98. The quantitative estimate of drug-likeness (QED) is 0.628. The molecule has 0 radical (unpaired) electrons. The van der Waals surface area contributed by atoms with Crippen molar-refractivity contribution in [2.24, 2.45) is 0 Å². The van der Waals surface area contributed by atoms with Crippen LogP contribution in [0, 0.1) is 11.3 Å². The van der Waals surface area contributed by atoms with E-state index in [-0.39, 0.29) is 5.75 Å². The number of nitrogens with one attached hydrogen (secondary N) is 2. The number of aromatic amines is 1. The number of rotatable bonds is 5. The SMILES string of the molecule is CCOC(=O)Nc1cccc(-c2[nH]c3cc(O)ccc3c2CCC#N)c1. The maximum atomic E-state index is 11.6. The van der Waals surface area contributed by atoms with Gasteiger partial charge in [-0.3, -0.25) is 5.32 Å². The molecular weight excluding hydrogens is 330 g/mol. The summed E-state index contributed by atoms with van der Waals surface area (Å²) >= 11 is 0. The van der Waals surface area contributed by atoms with Crippen molar-refractivity contribution in [3.8, 4) is 23.1 Å². The van der Waals surface area contributed by atoms with Gasteiger partial charge in [0.05, 0.1) is 12.7 Å². The van der Waals surface area contributed by atoms with E-state index in [9.17, 15) is 9.90 Å². The van der Waals surface area contributed by atoms with Crippen molar-refractivity contribution in [1.82, 2.24) is 4.98 Å². The molecule has 1 heterocycles. The molecule has 132 valence electrons. The highest BCUT2D eigenvalue weighted by molar-refractivity contribution is 5.92. The van der Waals surface area contributed by atoms with Crippen LogP contribution in [0.5, 0.6) is 5.75 Å². The zero-order chi connectivity index (χ0) is 18.5. The number of fused-ring (bicyclic) bond motifs is 1. The minimum Gasteiger partial charge on any atom is -0.508 e. The van der Waals surface area contributed by atoms with Gasteiger partial charge in [0.2, 0.25) is 0 Å². The van der Waals surface area contributed by atoms with Crippen molar-refractivity contribution in [1.29, 1.82) is 5.26 Å². The first-order valence-electron chi connectivity index (χ1n) is 8.37. The van der Waals surface area contributed by atoms with Crippen molar-refractivity contribution >= 4 is 22.7 Å². The first kappa shape index (κ1) is 17.4. The zero-order valence-electron chi connectivity index (χ0n) is 14.4. The number of nitrogens with zero attached hydrogens (tertiary/aromatic N) is 1. The number of hydrogen-bond acceptors (Lipinski definition) is 4. The van der Waals surface area contributed by atoms with Crippen molar-refractivity contribution in [2.75, 3.05) is 11.9 Å². The topological polar surface area (TPSA) is 98.1 Å². The molecule has 2 aromatic carbocycles. The molecule has 3 rings (SSSR count). The Kier molecular flexibility index (Phi) is 5.09. The minimum absolute atomic E-state index is 0.176. The van der Waals surface area contributed by atoms with Gasteiger partial charge in [-0.2, -0.15) is 5.26 Å². The fourth-order valence-corrected chi connectivity index (χ4v) is 2.97. The average molecular weight is 349 g/mol. The van der Waals surface area contributed by atoms with Crippen LogP contribution < -0.4 is 5.32 Å². The van der Waals surface area contributed by atoms with Crippen LogP contribution in [0.1, 0.15) is 18.9 Å². The summed E-state index contributed by atoms with van der Waals surface area (Å²) in [5.74, 6) is 0.176. The number of carbonyl (C=O) groups excluding carboxylic acids is 1. The molecule has 0 atom stereocenters. The fourth-order valence-electron chi connectivity index (χ4n) is 2.97. The lowest BCUT2D eigenvalue weighted by molar-refractivity contribution is 0.168. The van der Waals surface area contributed by atoms with Gasteiger partial charge in [-0.05, 0) is 43.2 Å². The third-order valence-corrected chi connectivity index (χ3v) is 4.05. The van der Waals surface area contributed by atoms with Crippen LogP contribution >= 0.6 is 0 Å². The van der Waals surface area contributed by atoms with Gasteiger partial charge < -0.3 is 14.8 Å². The first-order chi connectivity index (χ1) is 12.6. The third-order valence-electron chi connectivity index (χ3n) is 4.05. The molecule has 0 saturated carbocycles. The number of H-pyrrole nitrogens is 1. The van der Waals surface area contributed by atoms with Crippen LogP contribution in [0.15, 0.2) is 42.5 Å². The number of aromatic hydroxyl groups is 1. The molecule has 0 fully saturated rings. The number of hydrogen-bond donors (Lipinski definition) is 3. The molecule has 0 unspecified atom stereocenters. The Labute approximate surface area is 151 Å². The van der Waals surface area contributed by atoms with Crippen LogP contribution in [0.2, 0.25) is 0 Å². The summed E-state index contributed by atoms with van der Waals surface area (Å²) in [6, 6.07) is 14.7. The monoisotopic (exact) mass is 349 g/mol. The maximum absolute atomic E-state index is 11.6. The summed E-state index contributed by atoms with van der Waals surface area (Å²) in [5, 5.41) is 22.4. The van der Waals surface area contributed by atoms with Gasteiger partial charge in [-0.1, -0.05) is 12.1 Å². The molecule has 0 spiro atoms. The Hall–Kier alpha value is -3.46. The lowest BCUT2D eigenvalue weighted by atomic mass is 10.0. The summed E-state index contributed by atoms with van der Waals surface area (Å²) in [5.41, 5.74) is 4.18. The Bertz CT molecular complexity index is 986. The molecule has 0 aliphatic heterocycles. The highest BCUT2D eigenvalue weighted by atomic mass is 16.5. The number of benzene rings is 2. The Morgan fingerprint density at radius 2 is 2.15 bits per heavy atom. The first-order valence-corrected chi connectivity index (χ1v) is 8.37. The second-order valence-corrected chi connectivity index (χ2v) is 5.79. The molecule has 6 nitrogen and oxygen atoms in total. The second kappa shape index (κ2) is 7.62. The molecule has 0 aliphatic carbocycles. The van der Waals surface area contributed by atoms with E-state index >= 15 is 0 Å². The maximum Gasteiger partial charge on any atom is 0.411 e. The van der Waals surface area contributed by atoms with Crippen LogP contribution in [-0.2, 0) is 11.2 Å². The lowest BCUT2D eigenvalue weighted by Crippen LogP contribution is -2.13. The van der Waals surface area contributed by atoms with Crippen LogP contribution in [0.3, 0.4) is 0 Å². The lowest BCUT2D eigenvalue weighted by Gasteiger charge is -2.08. The molecule has 1 aromatic heterocycles. The highest BCUT2D eigenvalue weighted by Crippen LogP contribution is 2.34. The van der Waals surface area contributed by atoms with Crippen molar-refractivity contribution in [2.45, 2.75) is 19.8 Å². The van der Waals surface area contributed by atoms with Gasteiger partial charge in [0, 0.05) is 40.3 Å². The smallest absolute Gasteiger partial charge is 0.411 e. The third kappa shape index (κ3) is 3.62. The molecule has 3 aromatic rings. The number of phenolic OH excluding ortho intramolecular Hbond substituents is 1. The van der Waals surface area contributed by atoms with Crippen molar-refractivity contribution in [3.63, 3.8) is 0 Å². The van der Waals surface area contributed by atoms with Crippen LogP contribution in [-0.4, -0.2) is 22.8 Å². The van der Waals surface area contributed by atoms with Gasteiger partial charge in [-0.25, -0.2) is 4.79 Å². The largest absolute Gasteiger partial charge is 0.508 e. The molecule has 0 bridgehead atoms. The predicted molar refractivity (Wildman–Crippen MR) is 100.0 cm³/mol. The number of aryl methyl sites for hydroxylation is 1. The van der Waals surface area contributed by atoms with E-state index in [1.54, 1.807) is 25.1 Å². The van der Waals surface area contributed by atoms with E-state index in [1.807, 2.05) is 24.3 Å². The van der Waals surface area contributed by atoms with E-state index in [1.165, 1.54) is 0 Å². The molecular formula is C20H19N3O3. The number of ether oxygens (including phenoxy) is 1. The molecule has 6 heteroatoms. The van der Waals surface area contributed by atoms with Gasteiger partial charge in [0.25, 0.3) is 0 Å². The molecule has 26 heavy (non-hydrogen) atoms. The van der Waals surface area contributed by atoms with Gasteiger partial charge >= 0.3 is 6.09 Å². The number of amides is 1. The van der Waals surface area contributed by atoms with Gasteiger partial charge in [-0.15, -0.1) is 0 Å². The van der Waals surface area contributed by atoms with Crippen LogP contribution in [0.4, 0.5) is 10.5 Å². The summed E-state index contributed by atoms with van der Waals surface area (Å²) in [6.07, 6.45) is 0.476. The van der Waals surface area contributed by atoms with Gasteiger partial charge in [0.15, 0.2) is 0 Å². The summed E-state index contributed by atoms with van der Waals surface area (Å²) in [6.45, 7) is 2.05. The summed E-state index contributed by atoms with van der Waals surface area (Å²) in [7, 11) is 0. The highest BCUT2D eigenvalue weighted by Gasteiger charge is 2.14. The number of carbonyl (C=O) groups is 1. The normalized spacial score (nSPS) is 10.5. The zero-order valence-corrected chi connectivity index (χ0v) is 14.4. The van der Waals surface area contributed by atoms with E-state index in [0.29, 0.717) is 25.1 Å². The fraction of sp³-hybridized carbons (Fsp3) is 0.200. The summed E-state index contributed by atoms with van der Waals surface area (Å²) < 4.78 is 4.91. The second-order valence-electron chi connectivity index (χ2n) is 5.79. The Balaban J connectivity index is 2.04. The molecule has 0 aliphatic rings. The standard InChI is InChI=1S/C20H19N3O3/c1-2-26-20(25)22-14-6-3-5-13(11-14)19-17(7-4-10-21)16-9-8-15(24)12-18(16)23-19/h3,5-6,8-9,11-12,23-24H,2,4,7H2,1H3,(H,22,25).